The third kappa shape index (κ3) is 4.00. The summed E-state index contributed by atoms with van der Waals surface area (Å²) in [5, 5.41) is 4.50. The molecule has 0 bridgehead atoms. The molecule has 5 rings (SSSR count). The summed E-state index contributed by atoms with van der Waals surface area (Å²) in [4.78, 5) is 17.4. The van der Waals surface area contributed by atoms with Crippen molar-refractivity contribution >= 4 is 28.9 Å². The van der Waals surface area contributed by atoms with Gasteiger partial charge in [0.1, 0.15) is 11.5 Å². The van der Waals surface area contributed by atoms with E-state index in [1.54, 1.807) is 25.5 Å². The maximum absolute atomic E-state index is 12.8. The van der Waals surface area contributed by atoms with Gasteiger partial charge in [-0.3, -0.25) is 4.79 Å². The van der Waals surface area contributed by atoms with Crippen LogP contribution in [0.25, 0.3) is 33.7 Å². The molecular weight excluding hydrogens is 432 g/mol. The van der Waals surface area contributed by atoms with Crippen LogP contribution in [0.1, 0.15) is 16.1 Å². The number of benzene rings is 2. The lowest BCUT2D eigenvalue weighted by molar-refractivity contribution is 0.0930. The molecule has 5 aromatic rings. The molecule has 8 nitrogen and oxygen atoms in total. The maximum Gasteiger partial charge on any atom is 0.309 e. The summed E-state index contributed by atoms with van der Waals surface area (Å²) in [5.41, 5.74) is 12.2. The Labute approximate surface area is 194 Å². The number of ether oxygens (including phenoxy) is 1. The number of nitrogens with zero attached hydrogens (tertiary/aromatic N) is 2. The van der Waals surface area contributed by atoms with Gasteiger partial charge in [0.2, 0.25) is 11.5 Å². The van der Waals surface area contributed by atoms with E-state index < -0.39 is 5.91 Å². The third-order valence-electron chi connectivity index (χ3n) is 5.23. The zero-order valence-electron chi connectivity index (χ0n) is 18.2. The maximum atomic E-state index is 12.8. The molecule has 0 aliphatic carbocycles. The molecule has 1 amide bonds. The van der Waals surface area contributed by atoms with Crippen LogP contribution in [0, 0.1) is 0 Å². The van der Waals surface area contributed by atoms with Gasteiger partial charge in [0.05, 0.1) is 36.4 Å². The molecule has 0 fully saturated rings. The second kappa shape index (κ2) is 8.95. The van der Waals surface area contributed by atoms with Crippen molar-refractivity contribution in [3.63, 3.8) is 0 Å². The first kappa shape index (κ1) is 21.0. The summed E-state index contributed by atoms with van der Waals surface area (Å²) in [6.45, 7) is 0. The lowest BCUT2D eigenvalue weighted by Gasteiger charge is -2.05. The molecule has 0 saturated heterocycles. The molecule has 34 heavy (non-hydrogen) atoms. The second-order valence-electron chi connectivity index (χ2n) is 7.40. The van der Waals surface area contributed by atoms with Gasteiger partial charge < -0.3 is 19.3 Å². The van der Waals surface area contributed by atoms with Crippen molar-refractivity contribution in [2.75, 3.05) is 12.8 Å². The highest BCUT2D eigenvalue weighted by molar-refractivity contribution is 6.10. The van der Waals surface area contributed by atoms with Gasteiger partial charge in [-0.05, 0) is 35.9 Å². The van der Waals surface area contributed by atoms with E-state index in [0.29, 0.717) is 28.2 Å². The fourth-order valence-corrected chi connectivity index (χ4v) is 3.61. The average molecular weight is 452 g/mol. The first-order valence-electron chi connectivity index (χ1n) is 10.4. The van der Waals surface area contributed by atoms with E-state index in [1.807, 2.05) is 60.7 Å². The number of carbonyl (C=O) groups excluding carboxylic acids is 1. The zero-order chi connectivity index (χ0) is 23.5. The van der Waals surface area contributed by atoms with Crippen LogP contribution in [0.2, 0.25) is 0 Å². The monoisotopic (exact) mass is 452 g/mol. The van der Waals surface area contributed by atoms with Crippen LogP contribution in [-0.4, -0.2) is 24.2 Å². The molecule has 3 heterocycles. The number of furan rings is 2. The van der Waals surface area contributed by atoms with Crippen molar-refractivity contribution < 1.29 is 18.4 Å². The number of hydrogen-bond acceptors (Lipinski definition) is 7. The minimum atomic E-state index is -0.596. The van der Waals surface area contributed by atoms with Crippen LogP contribution in [0.4, 0.5) is 5.69 Å². The Hall–Kier alpha value is -4.85. The van der Waals surface area contributed by atoms with E-state index in [9.17, 15) is 4.79 Å². The predicted octanol–water partition coefficient (Wildman–Crippen LogP) is 5.11. The number of hydrogen-bond donors (Lipinski definition) is 2. The summed E-state index contributed by atoms with van der Waals surface area (Å²) < 4.78 is 16.6. The van der Waals surface area contributed by atoms with Gasteiger partial charge in [0.25, 0.3) is 0 Å². The number of fused-ring (bicyclic) bond motifs is 1. The number of nitrogen functional groups attached to an aromatic ring is 1. The molecule has 0 aliphatic rings. The first-order chi connectivity index (χ1) is 16.6. The molecular formula is C26H20N4O4. The number of aromatic nitrogens is 1. The van der Waals surface area contributed by atoms with Crippen LogP contribution in [0.3, 0.4) is 0 Å². The van der Waals surface area contributed by atoms with E-state index >= 15 is 0 Å². The molecule has 3 aromatic heterocycles. The Kier molecular flexibility index (Phi) is 5.53. The van der Waals surface area contributed by atoms with Crippen LogP contribution in [0.15, 0.2) is 93.0 Å². The largest absolute Gasteiger partial charge is 0.497 e. The van der Waals surface area contributed by atoms with Crippen LogP contribution in [0.5, 0.6) is 5.75 Å². The molecule has 0 radical (unpaired) electrons. The number of carbonyl (C=O) groups is 1. The van der Waals surface area contributed by atoms with E-state index in [4.69, 9.17) is 19.3 Å². The van der Waals surface area contributed by atoms with Crippen molar-refractivity contribution in [1.82, 2.24) is 10.4 Å². The highest BCUT2D eigenvalue weighted by atomic mass is 16.5. The number of nitrogens with two attached hydrogens (primary N) is 1. The number of nitrogens with one attached hydrogen (secondary N) is 1. The second-order valence-corrected chi connectivity index (χ2v) is 7.40. The van der Waals surface area contributed by atoms with Gasteiger partial charge in [0.15, 0.2) is 0 Å². The molecule has 0 aliphatic heterocycles. The Balaban J connectivity index is 1.52. The van der Waals surface area contributed by atoms with E-state index in [-0.39, 0.29) is 17.2 Å². The number of rotatable bonds is 6. The predicted molar refractivity (Wildman–Crippen MR) is 130 cm³/mol. The topological polar surface area (TPSA) is 116 Å². The van der Waals surface area contributed by atoms with Crippen LogP contribution >= 0.6 is 0 Å². The van der Waals surface area contributed by atoms with Gasteiger partial charge >= 0.3 is 5.91 Å². The molecule has 0 unspecified atom stereocenters. The molecule has 3 N–H and O–H groups in total. The SMILES string of the molecule is COc1cccc(/C=N\NC(=O)c2oc3nc(-c4ccccc4)cc(-c4ccco4)c3c2N)c1. The van der Waals surface area contributed by atoms with Crippen LogP contribution < -0.4 is 15.9 Å². The van der Waals surface area contributed by atoms with Crippen molar-refractivity contribution in [1.29, 1.82) is 0 Å². The quantitative estimate of drug-likeness (QED) is 0.273. The van der Waals surface area contributed by atoms with Gasteiger partial charge in [-0.2, -0.15) is 5.10 Å². The highest BCUT2D eigenvalue weighted by Crippen LogP contribution is 2.38. The lowest BCUT2D eigenvalue weighted by atomic mass is 10.0. The minimum absolute atomic E-state index is 0.0803. The zero-order valence-corrected chi connectivity index (χ0v) is 18.2. The minimum Gasteiger partial charge on any atom is -0.497 e. The molecule has 0 spiro atoms. The van der Waals surface area contributed by atoms with Crippen molar-refractivity contribution in [2.45, 2.75) is 0 Å². The molecule has 0 saturated carbocycles. The Morgan fingerprint density at radius 1 is 1.09 bits per heavy atom. The smallest absolute Gasteiger partial charge is 0.309 e. The summed E-state index contributed by atoms with van der Waals surface area (Å²) >= 11 is 0. The lowest BCUT2D eigenvalue weighted by Crippen LogP contribution is -2.18. The molecule has 8 heteroatoms. The summed E-state index contributed by atoms with van der Waals surface area (Å²) in [6.07, 6.45) is 3.07. The average Bonchev–Trinajstić information content (AvgIpc) is 3.53. The summed E-state index contributed by atoms with van der Waals surface area (Å²) in [5.74, 6) is 0.590. The fraction of sp³-hybridized carbons (Fsp3) is 0.0385. The normalized spacial score (nSPS) is 11.2. The number of pyridine rings is 1. The van der Waals surface area contributed by atoms with Gasteiger partial charge in [-0.1, -0.05) is 42.5 Å². The molecule has 168 valence electrons. The van der Waals surface area contributed by atoms with Gasteiger partial charge in [0, 0.05) is 11.1 Å². The van der Waals surface area contributed by atoms with Gasteiger partial charge in [-0.25, -0.2) is 10.4 Å². The van der Waals surface area contributed by atoms with Crippen molar-refractivity contribution in [3.8, 4) is 28.3 Å². The Morgan fingerprint density at radius 3 is 2.71 bits per heavy atom. The molecule has 2 aromatic carbocycles. The van der Waals surface area contributed by atoms with Crippen molar-refractivity contribution in [2.24, 2.45) is 5.10 Å². The summed E-state index contributed by atoms with van der Waals surface area (Å²) in [7, 11) is 1.58. The van der Waals surface area contributed by atoms with Gasteiger partial charge in [-0.15, -0.1) is 0 Å². The van der Waals surface area contributed by atoms with Crippen molar-refractivity contribution in [3.05, 3.63) is 90.4 Å². The number of hydrazone groups is 1. The van der Waals surface area contributed by atoms with E-state index in [1.165, 1.54) is 6.21 Å². The first-order valence-corrected chi connectivity index (χ1v) is 10.4. The number of methoxy groups -OCH3 is 1. The summed E-state index contributed by atoms with van der Waals surface area (Å²) in [6, 6.07) is 22.4. The standard InChI is InChI=1S/C26H20N4O4/c1-32-18-10-5-7-16(13-18)15-28-30-25(31)24-23(27)22-19(21-11-6-12-33-21)14-20(29-26(22)34-24)17-8-3-2-4-9-17/h2-15H,27H2,1H3,(H,30,31)/b28-15-. The van der Waals surface area contributed by atoms with E-state index in [0.717, 1.165) is 11.1 Å². The van der Waals surface area contributed by atoms with Crippen LogP contribution in [-0.2, 0) is 0 Å². The highest BCUT2D eigenvalue weighted by Gasteiger charge is 2.24. The number of amides is 1. The number of anilines is 1. The fourth-order valence-electron chi connectivity index (χ4n) is 3.61. The molecule has 0 atom stereocenters. The van der Waals surface area contributed by atoms with E-state index in [2.05, 4.69) is 15.5 Å². The third-order valence-corrected chi connectivity index (χ3v) is 5.23. The Bertz CT molecular complexity index is 1490. The Morgan fingerprint density at radius 2 is 1.94 bits per heavy atom.